The molecule has 2 heterocycles. The maximum atomic E-state index is 12.2. The van der Waals surface area contributed by atoms with Crippen molar-refractivity contribution in [2.75, 3.05) is 6.54 Å². The first-order valence-corrected chi connectivity index (χ1v) is 7.18. The van der Waals surface area contributed by atoms with Crippen LogP contribution < -0.4 is 0 Å². The second kappa shape index (κ2) is 5.57. The fourth-order valence-electron chi connectivity index (χ4n) is 2.33. The Bertz CT molecular complexity index is 495. The Morgan fingerprint density at radius 3 is 2.89 bits per heavy atom. The van der Waals surface area contributed by atoms with Gasteiger partial charge in [0.1, 0.15) is 5.54 Å². The standard InChI is InChI=1S/C14H17NO3S/c1-14(13(17)18)8-2-3-9-15(14)12(16)7-6-11-5-4-10-19-11/h4-7,10H,2-3,8-9H2,1H3,(H,17,18)/b7-6+. The third-order valence-electron chi connectivity index (χ3n) is 3.55. The van der Waals surface area contributed by atoms with Crippen molar-refractivity contribution in [1.29, 1.82) is 0 Å². The van der Waals surface area contributed by atoms with Gasteiger partial charge in [0.05, 0.1) is 0 Å². The van der Waals surface area contributed by atoms with Crippen LogP contribution in [0.4, 0.5) is 0 Å². The predicted octanol–water partition coefficient (Wildman–Crippen LogP) is 2.62. The molecule has 1 aliphatic heterocycles. The van der Waals surface area contributed by atoms with E-state index in [4.69, 9.17) is 0 Å². The topological polar surface area (TPSA) is 57.6 Å². The van der Waals surface area contributed by atoms with Gasteiger partial charge in [-0.15, -0.1) is 11.3 Å². The number of amides is 1. The van der Waals surface area contributed by atoms with Gasteiger partial charge in [-0.1, -0.05) is 6.07 Å². The quantitative estimate of drug-likeness (QED) is 0.865. The van der Waals surface area contributed by atoms with Crippen LogP contribution in [0, 0.1) is 0 Å². The Kier molecular flexibility index (Phi) is 4.04. The summed E-state index contributed by atoms with van der Waals surface area (Å²) in [4.78, 5) is 26.1. The Hall–Kier alpha value is -1.62. The summed E-state index contributed by atoms with van der Waals surface area (Å²) in [6, 6.07) is 3.83. The highest BCUT2D eigenvalue weighted by atomic mass is 32.1. The lowest BCUT2D eigenvalue weighted by Gasteiger charge is -2.41. The number of aliphatic carboxylic acids is 1. The van der Waals surface area contributed by atoms with E-state index >= 15 is 0 Å². The lowest BCUT2D eigenvalue weighted by molar-refractivity contribution is -0.158. The third-order valence-corrected chi connectivity index (χ3v) is 4.39. The first-order valence-electron chi connectivity index (χ1n) is 6.30. The van der Waals surface area contributed by atoms with Crippen molar-refractivity contribution in [3.63, 3.8) is 0 Å². The molecule has 1 aromatic rings. The molecule has 2 rings (SSSR count). The van der Waals surface area contributed by atoms with Crippen LogP contribution in [0.5, 0.6) is 0 Å². The zero-order valence-electron chi connectivity index (χ0n) is 10.8. The van der Waals surface area contributed by atoms with Gasteiger partial charge in [-0.05, 0) is 43.7 Å². The lowest BCUT2D eigenvalue weighted by Crippen LogP contribution is -2.57. The van der Waals surface area contributed by atoms with Crippen molar-refractivity contribution in [3.05, 3.63) is 28.5 Å². The molecule has 1 unspecified atom stereocenters. The van der Waals surface area contributed by atoms with E-state index in [1.165, 1.54) is 11.0 Å². The molecule has 0 bridgehead atoms. The molecule has 1 aliphatic rings. The first-order chi connectivity index (χ1) is 9.04. The lowest BCUT2D eigenvalue weighted by atomic mass is 9.88. The molecule has 1 atom stereocenters. The van der Waals surface area contributed by atoms with Crippen molar-refractivity contribution in [1.82, 2.24) is 4.90 Å². The van der Waals surface area contributed by atoms with Gasteiger partial charge in [0.25, 0.3) is 0 Å². The summed E-state index contributed by atoms with van der Waals surface area (Å²) >= 11 is 1.54. The van der Waals surface area contributed by atoms with E-state index in [1.807, 2.05) is 17.5 Å². The Labute approximate surface area is 116 Å². The number of hydrogen-bond acceptors (Lipinski definition) is 3. The highest BCUT2D eigenvalue weighted by Gasteiger charge is 2.43. The van der Waals surface area contributed by atoms with Gasteiger partial charge in [0.2, 0.25) is 5.91 Å². The van der Waals surface area contributed by atoms with Crippen LogP contribution in [-0.2, 0) is 9.59 Å². The molecule has 102 valence electrons. The van der Waals surface area contributed by atoms with Crippen molar-refractivity contribution in [2.24, 2.45) is 0 Å². The fourth-order valence-corrected chi connectivity index (χ4v) is 2.94. The maximum Gasteiger partial charge on any atom is 0.329 e. The van der Waals surface area contributed by atoms with Crippen LogP contribution >= 0.6 is 11.3 Å². The molecule has 0 saturated carbocycles. The van der Waals surface area contributed by atoms with Gasteiger partial charge >= 0.3 is 5.97 Å². The molecule has 1 N–H and O–H groups in total. The smallest absolute Gasteiger partial charge is 0.329 e. The highest BCUT2D eigenvalue weighted by Crippen LogP contribution is 2.28. The van der Waals surface area contributed by atoms with Gasteiger partial charge in [-0.25, -0.2) is 4.79 Å². The van der Waals surface area contributed by atoms with Crippen LogP contribution in [0.3, 0.4) is 0 Å². The average molecular weight is 279 g/mol. The van der Waals surface area contributed by atoms with Gasteiger partial charge in [0, 0.05) is 17.5 Å². The van der Waals surface area contributed by atoms with E-state index in [9.17, 15) is 14.7 Å². The SMILES string of the molecule is CC1(C(=O)O)CCCCN1C(=O)/C=C/c1cccs1. The summed E-state index contributed by atoms with van der Waals surface area (Å²) in [7, 11) is 0. The molecule has 0 aliphatic carbocycles. The summed E-state index contributed by atoms with van der Waals surface area (Å²) in [6.07, 6.45) is 5.44. The van der Waals surface area contributed by atoms with Crippen molar-refractivity contribution < 1.29 is 14.7 Å². The van der Waals surface area contributed by atoms with Crippen molar-refractivity contribution in [2.45, 2.75) is 31.7 Å². The second-order valence-corrected chi connectivity index (χ2v) is 5.85. The monoisotopic (exact) mass is 279 g/mol. The van der Waals surface area contributed by atoms with Crippen LogP contribution in [0.25, 0.3) is 6.08 Å². The number of piperidine rings is 1. The summed E-state index contributed by atoms with van der Waals surface area (Å²) in [5.74, 6) is -1.15. The molecule has 1 amide bonds. The molecule has 1 fully saturated rings. The number of hydrogen-bond donors (Lipinski definition) is 1. The molecule has 0 radical (unpaired) electrons. The number of carbonyl (C=O) groups excluding carboxylic acids is 1. The summed E-state index contributed by atoms with van der Waals surface area (Å²) in [6.45, 7) is 2.14. The summed E-state index contributed by atoms with van der Waals surface area (Å²) in [5, 5.41) is 11.3. The molecule has 5 heteroatoms. The van der Waals surface area contributed by atoms with Crippen LogP contribution in [-0.4, -0.2) is 34.0 Å². The van der Waals surface area contributed by atoms with Crippen LogP contribution in [0.2, 0.25) is 0 Å². The third kappa shape index (κ3) is 2.87. The van der Waals surface area contributed by atoms with Crippen molar-refractivity contribution in [3.8, 4) is 0 Å². The fraction of sp³-hybridized carbons (Fsp3) is 0.429. The zero-order valence-corrected chi connectivity index (χ0v) is 11.7. The Morgan fingerprint density at radius 2 is 2.26 bits per heavy atom. The molecular weight excluding hydrogens is 262 g/mol. The summed E-state index contributed by atoms with van der Waals surface area (Å²) < 4.78 is 0. The van der Waals surface area contributed by atoms with Gasteiger partial charge in [0.15, 0.2) is 0 Å². The van der Waals surface area contributed by atoms with E-state index < -0.39 is 11.5 Å². The molecule has 0 spiro atoms. The molecule has 1 aromatic heterocycles. The molecule has 0 aromatic carbocycles. The van der Waals surface area contributed by atoms with E-state index in [-0.39, 0.29) is 5.91 Å². The van der Waals surface area contributed by atoms with E-state index in [0.29, 0.717) is 13.0 Å². The maximum absolute atomic E-state index is 12.2. The molecule has 4 nitrogen and oxygen atoms in total. The Balaban J connectivity index is 2.14. The number of nitrogens with zero attached hydrogens (tertiary/aromatic N) is 1. The molecule has 19 heavy (non-hydrogen) atoms. The minimum atomic E-state index is -1.07. The molecular formula is C14H17NO3S. The number of thiophene rings is 1. The largest absolute Gasteiger partial charge is 0.480 e. The van der Waals surface area contributed by atoms with E-state index in [1.54, 1.807) is 24.3 Å². The van der Waals surface area contributed by atoms with Crippen molar-refractivity contribution >= 4 is 29.3 Å². The molecule has 1 saturated heterocycles. The number of carbonyl (C=O) groups is 2. The highest BCUT2D eigenvalue weighted by molar-refractivity contribution is 7.10. The zero-order chi connectivity index (χ0) is 13.9. The summed E-state index contributed by atoms with van der Waals surface area (Å²) in [5.41, 5.74) is -1.07. The van der Waals surface area contributed by atoms with E-state index in [2.05, 4.69) is 0 Å². The minimum Gasteiger partial charge on any atom is -0.480 e. The average Bonchev–Trinajstić information content (AvgIpc) is 2.89. The van der Waals surface area contributed by atoms with E-state index in [0.717, 1.165) is 17.7 Å². The number of carboxylic acid groups (broad SMARTS) is 1. The van der Waals surface area contributed by atoms with Gasteiger partial charge < -0.3 is 10.0 Å². The predicted molar refractivity (Wildman–Crippen MR) is 75.0 cm³/mol. The minimum absolute atomic E-state index is 0.224. The van der Waals surface area contributed by atoms with Crippen LogP contribution in [0.15, 0.2) is 23.6 Å². The van der Waals surface area contributed by atoms with Crippen LogP contribution in [0.1, 0.15) is 31.1 Å². The first kappa shape index (κ1) is 13.8. The Morgan fingerprint density at radius 1 is 1.47 bits per heavy atom. The number of likely N-dealkylation sites (tertiary alicyclic amines) is 1. The number of carboxylic acids is 1. The van der Waals surface area contributed by atoms with Gasteiger partial charge in [-0.3, -0.25) is 4.79 Å². The number of rotatable bonds is 3. The normalized spacial score (nSPS) is 23.7. The second-order valence-electron chi connectivity index (χ2n) is 4.87. The van der Waals surface area contributed by atoms with Gasteiger partial charge in [-0.2, -0.15) is 0 Å².